The zero-order chi connectivity index (χ0) is 16.5. The summed E-state index contributed by atoms with van der Waals surface area (Å²) in [6.07, 6.45) is 2.08. The molecular formula is C14H22N2O4S2. The van der Waals surface area contributed by atoms with Crippen molar-refractivity contribution >= 4 is 20.0 Å². The maximum Gasteiger partial charge on any atom is 0.243 e. The van der Waals surface area contributed by atoms with Gasteiger partial charge in [0.1, 0.15) is 0 Å². The van der Waals surface area contributed by atoms with E-state index in [-0.39, 0.29) is 6.04 Å². The molecule has 0 aromatic heterocycles. The molecule has 1 aliphatic rings. The van der Waals surface area contributed by atoms with Crippen molar-refractivity contribution in [1.82, 2.24) is 9.03 Å². The van der Waals surface area contributed by atoms with Crippen LogP contribution in [0.25, 0.3) is 0 Å². The van der Waals surface area contributed by atoms with Crippen molar-refractivity contribution < 1.29 is 16.8 Å². The third kappa shape index (κ3) is 4.07. The van der Waals surface area contributed by atoms with Crippen LogP contribution in [0.15, 0.2) is 23.1 Å². The van der Waals surface area contributed by atoms with E-state index < -0.39 is 20.0 Å². The molecule has 2 rings (SSSR count). The first-order valence-electron chi connectivity index (χ1n) is 7.14. The highest BCUT2D eigenvalue weighted by Crippen LogP contribution is 2.22. The summed E-state index contributed by atoms with van der Waals surface area (Å²) in [5.74, 6) is 0. The first-order valence-corrected chi connectivity index (χ1v) is 10.5. The summed E-state index contributed by atoms with van der Waals surface area (Å²) in [5.41, 5.74) is 1.99. The van der Waals surface area contributed by atoms with E-state index in [1.807, 2.05) is 13.8 Å². The number of nitrogens with zero attached hydrogens (tertiary/aromatic N) is 1. The zero-order valence-electron chi connectivity index (χ0n) is 13.0. The van der Waals surface area contributed by atoms with E-state index >= 15 is 0 Å². The zero-order valence-corrected chi connectivity index (χ0v) is 14.7. The molecular weight excluding hydrogens is 324 g/mol. The fourth-order valence-corrected chi connectivity index (χ4v) is 4.94. The summed E-state index contributed by atoms with van der Waals surface area (Å²) >= 11 is 0. The minimum Gasteiger partial charge on any atom is -0.213 e. The largest absolute Gasteiger partial charge is 0.243 e. The number of benzene rings is 1. The molecule has 1 N–H and O–H groups in total. The summed E-state index contributed by atoms with van der Waals surface area (Å²) in [5, 5.41) is 0. The molecule has 0 radical (unpaired) electrons. The fraction of sp³-hybridized carbons (Fsp3) is 0.571. The lowest BCUT2D eigenvalue weighted by atomic mass is 10.1. The average Bonchev–Trinajstić information content (AvgIpc) is 2.40. The van der Waals surface area contributed by atoms with Crippen LogP contribution in [0.2, 0.25) is 0 Å². The van der Waals surface area contributed by atoms with Crippen LogP contribution in [0, 0.1) is 13.8 Å². The molecule has 8 heteroatoms. The Morgan fingerprint density at radius 2 is 1.64 bits per heavy atom. The van der Waals surface area contributed by atoms with Crippen LogP contribution in [0.3, 0.4) is 0 Å². The monoisotopic (exact) mass is 346 g/mol. The van der Waals surface area contributed by atoms with Gasteiger partial charge in [0, 0.05) is 19.1 Å². The second-order valence-corrected chi connectivity index (χ2v) is 9.53. The average molecular weight is 346 g/mol. The summed E-state index contributed by atoms with van der Waals surface area (Å²) in [6, 6.07) is 4.92. The quantitative estimate of drug-likeness (QED) is 0.882. The van der Waals surface area contributed by atoms with E-state index in [1.54, 1.807) is 18.2 Å². The maximum absolute atomic E-state index is 12.6. The van der Waals surface area contributed by atoms with Gasteiger partial charge in [0.15, 0.2) is 0 Å². The van der Waals surface area contributed by atoms with E-state index in [9.17, 15) is 16.8 Å². The van der Waals surface area contributed by atoms with Crippen LogP contribution >= 0.6 is 0 Å². The Balaban J connectivity index is 2.11. The lowest BCUT2D eigenvalue weighted by Crippen LogP contribution is -2.46. The number of hydrogen-bond acceptors (Lipinski definition) is 4. The standard InChI is InChI=1S/C14H22N2O4S2/c1-11-4-5-14(10-12(11)2)22(19,20)16-8-6-13(7-9-16)15-21(3,17)18/h4-5,10,13,15H,6-9H2,1-3H3. The molecule has 1 aromatic carbocycles. The fourth-order valence-electron chi connectivity index (χ4n) is 2.54. The number of nitrogens with one attached hydrogen (secondary N) is 1. The van der Waals surface area contributed by atoms with E-state index in [0.29, 0.717) is 30.8 Å². The van der Waals surface area contributed by atoms with Crippen molar-refractivity contribution in [3.63, 3.8) is 0 Å². The molecule has 124 valence electrons. The summed E-state index contributed by atoms with van der Waals surface area (Å²) in [6.45, 7) is 4.47. The van der Waals surface area contributed by atoms with Gasteiger partial charge in [-0.25, -0.2) is 21.6 Å². The number of rotatable bonds is 4. The molecule has 0 unspecified atom stereocenters. The smallest absolute Gasteiger partial charge is 0.213 e. The van der Waals surface area contributed by atoms with Crippen LogP contribution in [-0.2, 0) is 20.0 Å². The number of hydrogen-bond donors (Lipinski definition) is 1. The number of sulfonamides is 2. The highest BCUT2D eigenvalue weighted by atomic mass is 32.2. The summed E-state index contributed by atoms with van der Waals surface area (Å²) < 4.78 is 51.7. The molecule has 0 bridgehead atoms. The van der Waals surface area contributed by atoms with Crippen molar-refractivity contribution in [1.29, 1.82) is 0 Å². The second kappa shape index (κ2) is 6.27. The van der Waals surface area contributed by atoms with Crippen LogP contribution < -0.4 is 4.72 Å². The molecule has 0 saturated carbocycles. The normalized spacial score (nSPS) is 18.5. The predicted molar refractivity (Wildman–Crippen MR) is 85.7 cm³/mol. The highest BCUT2D eigenvalue weighted by Gasteiger charge is 2.30. The van der Waals surface area contributed by atoms with Crippen LogP contribution in [0.5, 0.6) is 0 Å². The van der Waals surface area contributed by atoms with E-state index in [1.165, 1.54) is 4.31 Å². The van der Waals surface area contributed by atoms with E-state index in [0.717, 1.165) is 17.4 Å². The van der Waals surface area contributed by atoms with Crippen molar-refractivity contribution in [2.45, 2.75) is 37.6 Å². The number of piperidine rings is 1. The van der Waals surface area contributed by atoms with Gasteiger partial charge < -0.3 is 0 Å². The highest BCUT2D eigenvalue weighted by molar-refractivity contribution is 7.89. The Morgan fingerprint density at radius 1 is 1.05 bits per heavy atom. The Bertz CT molecular complexity index is 749. The van der Waals surface area contributed by atoms with Crippen LogP contribution in [0.1, 0.15) is 24.0 Å². The van der Waals surface area contributed by atoms with Gasteiger partial charge in [-0.15, -0.1) is 0 Å². The summed E-state index contributed by atoms with van der Waals surface area (Å²) in [7, 11) is -6.77. The van der Waals surface area contributed by atoms with Gasteiger partial charge in [0.05, 0.1) is 11.2 Å². The van der Waals surface area contributed by atoms with Crippen molar-refractivity contribution in [2.75, 3.05) is 19.3 Å². The molecule has 0 spiro atoms. The molecule has 1 saturated heterocycles. The first kappa shape index (κ1) is 17.4. The lowest BCUT2D eigenvalue weighted by Gasteiger charge is -2.31. The van der Waals surface area contributed by atoms with Gasteiger partial charge in [0.25, 0.3) is 0 Å². The Hall–Kier alpha value is -0.960. The molecule has 0 aliphatic carbocycles. The van der Waals surface area contributed by atoms with Crippen molar-refractivity contribution in [3.8, 4) is 0 Å². The Kier molecular flexibility index (Phi) is 4.96. The van der Waals surface area contributed by atoms with Gasteiger partial charge in [0.2, 0.25) is 20.0 Å². The van der Waals surface area contributed by atoms with Crippen LogP contribution in [-0.4, -0.2) is 46.5 Å². The van der Waals surface area contributed by atoms with Crippen molar-refractivity contribution in [2.24, 2.45) is 0 Å². The Labute approximate surface area is 132 Å². The topological polar surface area (TPSA) is 83.6 Å². The van der Waals surface area contributed by atoms with E-state index in [4.69, 9.17) is 0 Å². The predicted octanol–water partition coefficient (Wildman–Crippen LogP) is 1.01. The van der Waals surface area contributed by atoms with Crippen LogP contribution in [0.4, 0.5) is 0 Å². The SMILES string of the molecule is Cc1ccc(S(=O)(=O)N2CCC(NS(C)(=O)=O)CC2)cc1C. The molecule has 1 heterocycles. The van der Waals surface area contributed by atoms with Crippen molar-refractivity contribution in [3.05, 3.63) is 29.3 Å². The molecule has 1 fully saturated rings. The minimum atomic E-state index is -3.51. The van der Waals surface area contributed by atoms with E-state index in [2.05, 4.69) is 4.72 Å². The molecule has 0 atom stereocenters. The number of aryl methyl sites for hydroxylation is 2. The second-order valence-electron chi connectivity index (χ2n) is 5.81. The maximum atomic E-state index is 12.6. The third-order valence-electron chi connectivity index (χ3n) is 3.95. The third-order valence-corrected chi connectivity index (χ3v) is 6.61. The van der Waals surface area contributed by atoms with Gasteiger partial charge in [-0.3, -0.25) is 0 Å². The van der Waals surface area contributed by atoms with Gasteiger partial charge >= 0.3 is 0 Å². The summed E-state index contributed by atoms with van der Waals surface area (Å²) in [4.78, 5) is 0.296. The first-order chi connectivity index (χ1) is 10.1. The lowest BCUT2D eigenvalue weighted by molar-refractivity contribution is 0.309. The molecule has 1 aliphatic heterocycles. The molecule has 1 aromatic rings. The molecule has 22 heavy (non-hydrogen) atoms. The minimum absolute atomic E-state index is 0.193. The van der Waals surface area contributed by atoms with Gasteiger partial charge in [-0.05, 0) is 49.9 Å². The van der Waals surface area contributed by atoms with Gasteiger partial charge in [-0.1, -0.05) is 6.07 Å². The molecule has 0 amide bonds. The molecule has 6 nitrogen and oxygen atoms in total. The Morgan fingerprint density at radius 3 is 2.14 bits per heavy atom. The van der Waals surface area contributed by atoms with Gasteiger partial charge in [-0.2, -0.15) is 4.31 Å².